The van der Waals surface area contributed by atoms with E-state index in [1.807, 2.05) is 26.0 Å². The van der Waals surface area contributed by atoms with Crippen LogP contribution in [0.4, 0.5) is 0 Å². The molecule has 0 radical (unpaired) electrons. The van der Waals surface area contributed by atoms with E-state index in [1.165, 1.54) is 5.56 Å². The molecule has 0 aliphatic heterocycles. The van der Waals surface area contributed by atoms with Gasteiger partial charge in [0.1, 0.15) is 5.75 Å². The van der Waals surface area contributed by atoms with Gasteiger partial charge in [0.25, 0.3) is 0 Å². The van der Waals surface area contributed by atoms with E-state index in [0.717, 1.165) is 18.7 Å². The summed E-state index contributed by atoms with van der Waals surface area (Å²) in [5, 5.41) is 3.60. The molecule has 0 saturated carbocycles. The van der Waals surface area contributed by atoms with Gasteiger partial charge in [-0.05, 0) is 58.4 Å². The van der Waals surface area contributed by atoms with Crippen molar-refractivity contribution in [1.29, 1.82) is 0 Å². The van der Waals surface area contributed by atoms with Crippen LogP contribution in [0, 0.1) is 0 Å². The van der Waals surface area contributed by atoms with E-state index in [9.17, 15) is 0 Å². The maximum Gasteiger partial charge on any atom is 0.119 e. The smallest absolute Gasteiger partial charge is 0.119 e. The van der Waals surface area contributed by atoms with Crippen molar-refractivity contribution in [2.24, 2.45) is 0 Å². The maximum absolute atomic E-state index is 5.93. The summed E-state index contributed by atoms with van der Waals surface area (Å²) >= 11 is 0. The third kappa shape index (κ3) is 4.80. The summed E-state index contributed by atoms with van der Waals surface area (Å²) in [6, 6.07) is 8.49. The number of rotatable bonds is 9. The molecule has 0 aliphatic rings. The molecule has 0 aliphatic carbocycles. The number of benzene rings is 1. The van der Waals surface area contributed by atoms with E-state index in [2.05, 4.69) is 38.2 Å². The van der Waals surface area contributed by atoms with Gasteiger partial charge in [-0.15, -0.1) is 0 Å². The van der Waals surface area contributed by atoms with E-state index in [1.54, 1.807) is 0 Å². The van der Waals surface area contributed by atoms with Crippen molar-refractivity contribution in [3.63, 3.8) is 0 Å². The Balaban J connectivity index is 2.91. The molecule has 1 N–H and O–H groups in total. The van der Waals surface area contributed by atoms with Crippen molar-refractivity contribution in [2.45, 2.75) is 52.7 Å². The lowest BCUT2D eigenvalue weighted by atomic mass is 9.91. The lowest BCUT2D eigenvalue weighted by Crippen LogP contribution is -2.41. The molecule has 3 nitrogen and oxygen atoms in total. The molecule has 1 atom stereocenters. The molecular weight excluding hydrogens is 250 g/mol. The Morgan fingerprint density at radius 3 is 2.20 bits per heavy atom. The molecule has 0 saturated heterocycles. The summed E-state index contributed by atoms with van der Waals surface area (Å²) < 4.78 is 11.4. The summed E-state index contributed by atoms with van der Waals surface area (Å²) in [5.41, 5.74) is 0.997. The summed E-state index contributed by atoms with van der Waals surface area (Å²) in [5.74, 6) is 0.916. The van der Waals surface area contributed by atoms with Gasteiger partial charge in [-0.1, -0.05) is 19.1 Å². The first-order valence-electron chi connectivity index (χ1n) is 7.65. The lowest BCUT2D eigenvalue weighted by molar-refractivity contribution is -0.0391. The first-order valence-corrected chi connectivity index (χ1v) is 7.65. The highest BCUT2D eigenvalue weighted by Crippen LogP contribution is 2.30. The van der Waals surface area contributed by atoms with Crippen molar-refractivity contribution in [2.75, 3.05) is 19.8 Å². The molecule has 0 bridgehead atoms. The Hall–Kier alpha value is -1.06. The predicted molar refractivity (Wildman–Crippen MR) is 84.4 cm³/mol. The van der Waals surface area contributed by atoms with Crippen LogP contribution in [0.3, 0.4) is 0 Å². The SMILES string of the molecule is CCCNC(c1ccc(OCC)cc1)C(C)(C)OCC. The van der Waals surface area contributed by atoms with Gasteiger partial charge < -0.3 is 14.8 Å². The zero-order valence-electron chi connectivity index (χ0n) is 13.5. The van der Waals surface area contributed by atoms with Crippen molar-refractivity contribution < 1.29 is 9.47 Å². The second-order valence-electron chi connectivity index (χ2n) is 5.43. The molecule has 1 aromatic carbocycles. The predicted octanol–water partition coefficient (Wildman–Crippen LogP) is 3.94. The van der Waals surface area contributed by atoms with E-state index in [0.29, 0.717) is 13.2 Å². The summed E-state index contributed by atoms with van der Waals surface area (Å²) in [4.78, 5) is 0. The van der Waals surface area contributed by atoms with Crippen LogP contribution < -0.4 is 10.1 Å². The van der Waals surface area contributed by atoms with Gasteiger partial charge in [0.2, 0.25) is 0 Å². The second-order valence-corrected chi connectivity index (χ2v) is 5.43. The van der Waals surface area contributed by atoms with Gasteiger partial charge in [-0.2, -0.15) is 0 Å². The summed E-state index contributed by atoms with van der Waals surface area (Å²) in [6.07, 6.45) is 1.11. The molecule has 0 spiro atoms. The fourth-order valence-corrected chi connectivity index (χ4v) is 2.43. The Morgan fingerprint density at radius 1 is 1.05 bits per heavy atom. The summed E-state index contributed by atoms with van der Waals surface area (Å²) in [6.45, 7) is 12.9. The van der Waals surface area contributed by atoms with Gasteiger partial charge in [0.15, 0.2) is 0 Å². The summed E-state index contributed by atoms with van der Waals surface area (Å²) in [7, 11) is 0. The van der Waals surface area contributed by atoms with Crippen LogP contribution in [0.15, 0.2) is 24.3 Å². The fourth-order valence-electron chi connectivity index (χ4n) is 2.43. The van der Waals surface area contributed by atoms with Crippen LogP contribution >= 0.6 is 0 Å². The number of hydrogen-bond acceptors (Lipinski definition) is 3. The van der Waals surface area contributed by atoms with Gasteiger partial charge >= 0.3 is 0 Å². The highest BCUT2D eigenvalue weighted by molar-refractivity contribution is 5.30. The third-order valence-electron chi connectivity index (χ3n) is 3.33. The first kappa shape index (κ1) is 17.0. The van der Waals surface area contributed by atoms with Crippen LogP contribution in [0.2, 0.25) is 0 Å². The molecule has 20 heavy (non-hydrogen) atoms. The number of nitrogens with one attached hydrogen (secondary N) is 1. The molecular formula is C17H29NO2. The lowest BCUT2D eigenvalue weighted by Gasteiger charge is -2.35. The number of ether oxygens (including phenoxy) is 2. The molecule has 0 heterocycles. The van der Waals surface area contributed by atoms with Crippen molar-refractivity contribution in [1.82, 2.24) is 5.32 Å². The molecule has 3 heteroatoms. The van der Waals surface area contributed by atoms with Crippen molar-refractivity contribution in [3.8, 4) is 5.75 Å². The average molecular weight is 279 g/mol. The molecule has 0 aromatic heterocycles. The molecule has 114 valence electrons. The maximum atomic E-state index is 5.93. The number of hydrogen-bond donors (Lipinski definition) is 1. The first-order chi connectivity index (χ1) is 9.55. The molecule has 1 aromatic rings. The molecule has 0 fully saturated rings. The van der Waals surface area contributed by atoms with Crippen molar-refractivity contribution >= 4 is 0 Å². The van der Waals surface area contributed by atoms with Gasteiger partial charge in [0, 0.05) is 6.61 Å². The fraction of sp³-hybridized carbons (Fsp3) is 0.647. The quantitative estimate of drug-likeness (QED) is 0.742. The normalized spacial score (nSPS) is 13.2. The topological polar surface area (TPSA) is 30.5 Å². The van der Waals surface area contributed by atoms with Crippen LogP contribution in [-0.2, 0) is 4.74 Å². The molecule has 1 unspecified atom stereocenters. The highest BCUT2D eigenvalue weighted by Gasteiger charge is 2.30. The highest BCUT2D eigenvalue weighted by atomic mass is 16.5. The zero-order valence-corrected chi connectivity index (χ0v) is 13.5. The van der Waals surface area contributed by atoms with Gasteiger partial charge in [0.05, 0.1) is 18.2 Å². The minimum atomic E-state index is -0.239. The Morgan fingerprint density at radius 2 is 1.70 bits per heavy atom. The molecule has 0 amide bonds. The van der Waals surface area contributed by atoms with E-state index >= 15 is 0 Å². The van der Waals surface area contributed by atoms with Crippen molar-refractivity contribution in [3.05, 3.63) is 29.8 Å². The van der Waals surface area contributed by atoms with Crippen LogP contribution in [-0.4, -0.2) is 25.4 Å². The Bertz CT molecular complexity index is 373. The molecule has 1 rings (SSSR count). The zero-order chi connectivity index (χ0) is 15.0. The van der Waals surface area contributed by atoms with E-state index in [4.69, 9.17) is 9.47 Å². The van der Waals surface area contributed by atoms with Crippen LogP contribution in [0.5, 0.6) is 5.75 Å². The monoisotopic (exact) mass is 279 g/mol. The third-order valence-corrected chi connectivity index (χ3v) is 3.33. The standard InChI is InChI=1S/C17H29NO2/c1-6-13-18-16(17(4,5)20-8-3)14-9-11-15(12-10-14)19-7-2/h9-12,16,18H,6-8,13H2,1-5H3. The largest absolute Gasteiger partial charge is 0.494 e. The minimum Gasteiger partial charge on any atom is -0.494 e. The van der Waals surface area contributed by atoms with E-state index < -0.39 is 0 Å². The van der Waals surface area contributed by atoms with Gasteiger partial charge in [-0.25, -0.2) is 0 Å². The second kappa shape index (κ2) is 8.28. The van der Waals surface area contributed by atoms with Crippen LogP contribution in [0.25, 0.3) is 0 Å². The van der Waals surface area contributed by atoms with Gasteiger partial charge in [-0.3, -0.25) is 0 Å². The van der Waals surface area contributed by atoms with Crippen LogP contribution in [0.1, 0.15) is 52.6 Å². The van der Waals surface area contributed by atoms with E-state index in [-0.39, 0.29) is 11.6 Å². The Labute approximate surface area is 123 Å². The minimum absolute atomic E-state index is 0.179. The average Bonchev–Trinajstić information content (AvgIpc) is 2.41. The Kier molecular flexibility index (Phi) is 7.03.